The maximum Gasteiger partial charge on any atom is 0.206 e. The van der Waals surface area contributed by atoms with Gasteiger partial charge in [-0.2, -0.15) is 0 Å². The van der Waals surface area contributed by atoms with Crippen molar-refractivity contribution < 1.29 is 4.79 Å². The Kier molecular flexibility index (Phi) is 4.55. The van der Waals surface area contributed by atoms with E-state index < -0.39 is 0 Å². The Bertz CT molecular complexity index is 595. The van der Waals surface area contributed by atoms with Crippen LogP contribution in [0.2, 0.25) is 0 Å². The molecule has 6 heteroatoms. The van der Waals surface area contributed by atoms with Crippen molar-refractivity contribution in [2.45, 2.75) is 18.2 Å². The number of benzene rings is 1. The predicted molar refractivity (Wildman–Crippen MR) is 80.4 cm³/mol. The Labute approximate surface area is 120 Å². The maximum absolute atomic E-state index is 12.1. The molecule has 0 aliphatic rings. The van der Waals surface area contributed by atoms with E-state index in [0.717, 1.165) is 20.6 Å². The zero-order chi connectivity index (χ0) is 13.8. The standard InChI is InChI=1S/C13H15N3OS2/c1-8-4-5-10(6-9(8)2)11(17)7-18-13-16-15-12(14-3)19-13/h4-6H,7H2,1-3H3,(H,14,15). The number of carbonyl (C=O) groups is 1. The Balaban J connectivity index is 1.99. The Morgan fingerprint density at radius 2 is 2.11 bits per heavy atom. The summed E-state index contributed by atoms with van der Waals surface area (Å²) in [6, 6.07) is 5.80. The summed E-state index contributed by atoms with van der Waals surface area (Å²) in [6.07, 6.45) is 0. The molecule has 0 unspecified atom stereocenters. The van der Waals surface area contributed by atoms with Gasteiger partial charge in [0.25, 0.3) is 0 Å². The Hall–Kier alpha value is -1.40. The summed E-state index contributed by atoms with van der Waals surface area (Å²) in [4.78, 5) is 12.1. The highest BCUT2D eigenvalue weighted by Gasteiger charge is 2.10. The molecular weight excluding hydrogens is 278 g/mol. The van der Waals surface area contributed by atoms with Crippen LogP contribution in [0.5, 0.6) is 0 Å². The first kappa shape index (κ1) is 14.0. The lowest BCUT2D eigenvalue weighted by Crippen LogP contribution is -2.03. The molecule has 100 valence electrons. The largest absolute Gasteiger partial charge is 0.363 e. The summed E-state index contributed by atoms with van der Waals surface area (Å²) >= 11 is 2.88. The number of hydrogen-bond donors (Lipinski definition) is 1. The third-order valence-electron chi connectivity index (χ3n) is 2.78. The molecule has 0 atom stereocenters. The van der Waals surface area contributed by atoms with E-state index >= 15 is 0 Å². The van der Waals surface area contributed by atoms with Gasteiger partial charge in [0.15, 0.2) is 10.1 Å². The van der Waals surface area contributed by atoms with Gasteiger partial charge in [-0.05, 0) is 31.0 Å². The van der Waals surface area contributed by atoms with Crippen molar-refractivity contribution in [2.24, 2.45) is 0 Å². The monoisotopic (exact) mass is 293 g/mol. The van der Waals surface area contributed by atoms with E-state index in [4.69, 9.17) is 0 Å². The van der Waals surface area contributed by atoms with E-state index in [1.807, 2.05) is 32.0 Å². The van der Waals surface area contributed by atoms with Crippen LogP contribution in [0.15, 0.2) is 22.5 Å². The molecule has 1 aromatic carbocycles. The number of aryl methyl sites for hydroxylation is 2. The van der Waals surface area contributed by atoms with Crippen LogP contribution in [0, 0.1) is 13.8 Å². The highest BCUT2D eigenvalue weighted by molar-refractivity contribution is 8.01. The highest BCUT2D eigenvalue weighted by Crippen LogP contribution is 2.25. The number of thioether (sulfide) groups is 1. The van der Waals surface area contributed by atoms with Crippen molar-refractivity contribution in [2.75, 3.05) is 18.1 Å². The van der Waals surface area contributed by atoms with Crippen LogP contribution in [0.4, 0.5) is 5.13 Å². The second kappa shape index (κ2) is 6.16. The Morgan fingerprint density at radius 1 is 1.32 bits per heavy atom. The van der Waals surface area contributed by atoms with Crippen molar-refractivity contribution in [1.29, 1.82) is 0 Å². The quantitative estimate of drug-likeness (QED) is 0.678. The van der Waals surface area contributed by atoms with Crippen molar-refractivity contribution in [1.82, 2.24) is 10.2 Å². The van der Waals surface area contributed by atoms with Crippen LogP contribution >= 0.6 is 23.1 Å². The zero-order valence-electron chi connectivity index (χ0n) is 11.1. The van der Waals surface area contributed by atoms with Crippen molar-refractivity contribution in [3.63, 3.8) is 0 Å². The molecule has 1 heterocycles. The van der Waals surface area contributed by atoms with Crippen molar-refractivity contribution >= 4 is 34.0 Å². The van der Waals surface area contributed by atoms with Crippen LogP contribution in [0.1, 0.15) is 21.5 Å². The van der Waals surface area contributed by atoms with Gasteiger partial charge in [0.2, 0.25) is 5.13 Å². The minimum absolute atomic E-state index is 0.120. The van der Waals surface area contributed by atoms with E-state index in [9.17, 15) is 4.79 Å². The number of anilines is 1. The van der Waals surface area contributed by atoms with Gasteiger partial charge in [0.05, 0.1) is 5.75 Å². The van der Waals surface area contributed by atoms with E-state index in [1.54, 1.807) is 7.05 Å². The lowest BCUT2D eigenvalue weighted by molar-refractivity contribution is 0.102. The molecule has 0 spiro atoms. The normalized spacial score (nSPS) is 10.5. The summed E-state index contributed by atoms with van der Waals surface area (Å²) < 4.78 is 0.807. The molecule has 0 amide bonds. The summed E-state index contributed by atoms with van der Waals surface area (Å²) in [6.45, 7) is 4.06. The summed E-state index contributed by atoms with van der Waals surface area (Å²) in [7, 11) is 1.80. The fraction of sp³-hybridized carbons (Fsp3) is 0.308. The molecule has 0 aliphatic carbocycles. The van der Waals surface area contributed by atoms with Crippen molar-refractivity contribution in [3.8, 4) is 0 Å². The number of rotatable bonds is 5. The SMILES string of the molecule is CNc1nnc(SCC(=O)c2ccc(C)c(C)c2)s1. The van der Waals surface area contributed by atoms with E-state index in [2.05, 4.69) is 15.5 Å². The van der Waals surface area contributed by atoms with Crippen LogP contribution in [0.3, 0.4) is 0 Å². The number of carbonyl (C=O) groups excluding carboxylic acids is 1. The van der Waals surface area contributed by atoms with Gasteiger partial charge in [-0.25, -0.2) is 0 Å². The molecule has 1 N–H and O–H groups in total. The van der Waals surface area contributed by atoms with Gasteiger partial charge in [-0.3, -0.25) is 4.79 Å². The maximum atomic E-state index is 12.1. The average Bonchev–Trinajstić information content (AvgIpc) is 2.87. The van der Waals surface area contributed by atoms with E-state index in [1.165, 1.54) is 28.7 Å². The highest BCUT2D eigenvalue weighted by atomic mass is 32.2. The third kappa shape index (κ3) is 3.54. The van der Waals surface area contributed by atoms with Gasteiger partial charge >= 0.3 is 0 Å². The van der Waals surface area contributed by atoms with Crippen LogP contribution in [-0.4, -0.2) is 28.8 Å². The molecule has 0 bridgehead atoms. The summed E-state index contributed by atoms with van der Waals surface area (Å²) in [5.74, 6) is 0.509. The molecule has 1 aromatic heterocycles. The first-order valence-corrected chi connectivity index (χ1v) is 7.65. The van der Waals surface area contributed by atoms with E-state index in [-0.39, 0.29) is 5.78 Å². The number of nitrogens with one attached hydrogen (secondary N) is 1. The second-order valence-corrected chi connectivity index (χ2v) is 6.33. The Morgan fingerprint density at radius 3 is 2.74 bits per heavy atom. The summed E-state index contributed by atoms with van der Waals surface area (Å²) in [5.41, 5.74) is 3.10. The minimum Gasteiger partial charge on any atom is -0.363 e. The van der Waals surface area contributed by atoms with Gasteiger partial charge < -0.3 is 5.32 Å². The summed E-state index contributed by atoms with van der Waals surface area (Å²) in [5, 5.41) is 11.6. The molecule has 4 nitrogen and oxygen atoms in total. The lowest BCUT2D eigenvalue weighted by atomic mass is 10.0. The molecule has 2 aromatic rings. The van der Waals surface area contributed by atoms with Crippen LogP contribution < -0.4 is 5.32 Å². The smallest absolute Gasteiger partial charge is 0.206 e. The van der Waals surface area contributed by atoms with Gasteiger partial charge in [-0.15, -0.1) is 10.2 Å². The fourth-order valence-electron chi connectivity index (χ4n) is 1.49. The first-order chi connectivity index (χ1) is 9.10. The minimum atomic E-state index is 0.120. The molecule has 2 rings (SSSR count). The number of nitrogens with zero attached hydrogens (tertiary/aromatic N) is 2. The molecule has 0 saturated carbocycles. The molecule has 0 fully saturated rings. The lowest BCUT2D eigenvalue weighted by Gasteiger charge is -2.03. The molecular formula is C13H15N3OS2. The van der Waals surface area contributed by atoms with Crippen LogP contribution in [-0.2, 0) is 0 Å². The second-order valence-electron chi connectivity index (χ2n) is 4.13. The average molecular weight is 293 g/mol. The number of Topliss-reactive ketones (excluding diaryl/α,β-unsaturated/α-hetero) is 1. The number of aromatic nitrogens is 2. The predicted octanol–water partition coefficient (Wildman–Crippen LogP) is 3.17. The van der Waals surface area contributed by atoms with Crippen LogP contribution in [0.25, 0.3) is 0 Å². The van der Waals surface area contributed by atoms with E-state index in [0.29, 0.717) is 5.75 Å². The van der Waals surface area contributed by atoms with Gasteiger partial charge in [0, 0.05) is 12.6 Å². The first-order valence-electron chi connectivity index (χ1n) is 5.84. The van der Waals surface area contributed by atoms with Crippen molar-refractivity contribution in [3.05, 3.63) is 34.9 Å². The molecule has 0 saturated heterocycles. The molecule has 19 heavy (non-hydrogen) atoms. The number of ketones is 1. The zero-order valence-corrected chi connectivity index (χ0v) is 12.7. The molecule has 0 radical (unpaired) electrons. The molecule has 0 aliphatic heterocycles. The van der Waals surface area contributed by atoms with Gasteiger partial charge in [-0.1, -0.05) is 35.2 Å². The topological polar surface area (TPSA) is 54.9 Å². The third-order valence-corrected chi connectivity index (χ3v) is 4.85. The number of hydrogen-bond acceptors (Lipinski definition) is 6. The van der Waals surface area contributed by atoms with Gasteiger partial charge in [0.1, 0.15) is 0 Å². The fourth-order valence-corrected chi connectivity index (χ4v) is 3.09.